The van der Waals surface area contributed by atoms with Crippen molar-refractivity contribution in [2.24, 2.45) is 23.7 Å². The van der Waals surface area contributed by atoms with Crippen LogP contribution in [0.1, 0.15) is 45.4 Å². The lowest BCUT2D eigenvalue weighted by Gasteiger charge is -2.34. The van der Waals surface area contributed by atoms with Gasteiger partial charge >= 0.3 is 0 Å². The lowest BCUT2D eigenvalue weighted by Crippen LogP contribution is -2.35. The van der Waals surface area contributed by atoms with Gasteiger partial charge < -0.3 is 9.47 Å². The van der Waals surface area contributed by atoms with Crippen LogP contribution >= 0.6 is 0 Å². The second kappa shape index (κ2) is 2.91. The first-order valence-electron chi connectivity index (χ1n) is 7.65. The summed E-state index contributed by atoms with van der Waals surface area (Å²) < 4.78 is 11.8. The molecule has 5 aliphatic rings. The molecule has 2 heteroatoms. The van der Waals surface area contributed by atoms with Gasteiger partial charge in [0.2, 0.25) is 0 Å². The largest absolute Gasteiger partial charge is 0.370 e. The summed E-state index contributed by atoms with van der Waals surface area (Å²) in [5.74, 6) is 3.76. The molecule has 0 aromatic carbocycles. The SMILES string of the molecule is CCC12OC1C1CC(C3CCC4OC4C3)C2C1. The van der Waals surface area contributed by atoms with E-state index in [4.69, 9.17) is 9.47 Å². The standard InChI is InChI=1S/C15H22O2/c1-2-15-11-6-9(14(15)17-15)5-10(11)8-3-4-12-13(7-8)16-12/h8-14H,2-7H2,1H3. The van der Waals surface area contributed by atoms with Crippen LogP contribution in [0.3, 0.4) is 0 Å². The molecule has 0 spiro atoms. The Hall–Kier alpha value is -0.0800. The Morgan fingerprint density at radius 2 is 2.00 bits per heavy atom. The molecule has 2 aliphatic heterocycles. The van der Waals surface area contributed by atoms with Crippen LogP contribution in [0.25, 0.3) is 0 Å². The summed E-state index contributed by atoms with van der Waals surface area (Å²) in [4.78, 5) is 0. The Balaban J connectivity index is 1.39. The van der Waals surface area contributed by atoms with Crippen LogP contribution < -0.4 is 0 Å². The number of hydrogen-bond acceptors (Lipinski definition) is 2. The molecule has 0 radical (unpaired) electrons. The zero-order valence-corrected chi connectivity index (χ0v) is 10.6. The van der Waals surface area contributed by atoms with E-state index < -0.39 is 0 Å². The smallest absolute Gasteiger partial charge is 0.0979 e. The highest BCUT2D eigenvalue weighted by Crippen LogP contribution is 2.69. The average molecular weight is 234 g/mol. The molecule has 0 amide bonds. The van der Waals surface area contributed by atoms with Gasteiger partial charge in [-0.1, -0.05) is 6.92 Å². The fourth-order valence-electron chi connectivity index (χ4n) is 5.81. The van der Waals surface area contributed by atoms with Crippen molar-refractivity contribution in [3.63, 3.8) is 0 Å². The fraction of sp³-hybridized carbons (Fsp3) is 1.00. The summed E-state index contributed by atoms with van der Waals surface area (Å²) in [5.41, 5.74) is 0.356. The minimum Gasteiger partial charge on any atom is -0.370 e. The predicted molar refractivity (Wildman–Crippen MR) is 63.6 cm³/mol. The molecule has 2 bridgehead atoms. The van der Waals surface area contributed by atoms with Crippen molar-refractivity contribution in [3.05, 3.63) is 0 Å². The van der Waals surface area contributed by atoms with Crippen LogP contribution in [0.5, 0.6) is 0 Å². The minimum absolute atomic E-state index is 0.356. The molecule has 3 aliphatic carbocycles. The average Bonchev–Trinajstić information content (AvgIpc) is 3.24. The van der Waals surface area contributed by atoms with E-state index in [0.29, 0.717) is 23.9 Å². The molecule has 5 rings (SSSR count). The van der Waals surface area contributed by atoms with Gasteiger partial charge in [0.15, 0.2) is 0 Å². The maximum atomic E-state index is 6.10. The molecule has 0 aromatic heterocycles. The number of rotatable bonds is 2. The van der Waals surface area contributed by atoms with Gasteiger partial charge in [0.1, 0.15) is 0 Å². The van der Waals surface area contributed by atoms with Gasteiger partial charge in [-0.3, -0.25) is 0 Å². The third kappa shape index (κ3) is 1.10. The molecule has 94 valence electrons. The number of ether oxygens (including phenoxy) is 2. The number of fused-ring (bicyclic) bond motifs is 6. The molecule has 17 heavy (non-hydrogen) atoms. The van der Waals surface area contributed by atoms with Crippen LogP contribution in [0, 0.1) is 23.7 Å². The topological polar surface area (TPSA) is 25.1 Å². The maximum Gasteiger partial charge on any atom is 0.0979 e. The van der Waals surface area contributed by atoms with E-state index in [1.807, 2.05) is 0 Å². The van der Waals surface area contributed by atoms with E-state index in [-0.39, 0.29) is 0 Å². The molecule has 3 saturated carbocycles. The normalized spacial score (nSPS) is 66.5. The highest BCUT2D eigenvalue weighted by molar-refractivity contribution is 5.21. The van der Waals surface area contributed by atoms with Gasteiger partial charge in [-0.15, -0.1) is 0 Å². The van der Waals surface area contributed by atoms with Crippen molar-refractivity contribution >= 4 is 0 Å². The fourth-order valence-corrected chi connectivity index (χ4v) is 5.81. The Bertz CT molecular complexity index is 368. The summed E-state index contributed by atoms with van der Waals surface area (Å²) in [5, 5.41) is 0. The lowest BCUT2D eigenvalue weighted by molar-refractivity contribution is 0.122. The first-order valence-corrected chi connectivity index (χ1v) is 7.65. The highest BCUT2D eigenvalue weighted by atomic mass is 16.6. The first kappa shape index (κ1) is 9.80. The number of epoxide rings is 2. The summed E-state index contributed by atoms with van der Waals surface area (Å²) in [6.45, 7) is 2.33. The molecule has 8 atom stereocenters. The Morgan fingerprint density at radius 1 is 1.06 bits per heavy atom. The lowest BCUT2D eigenvalue weighted by atomic mass is 9.69. The van der Waals surface area contributed by atoms with E-state index in [1.165, 1.54) is 38.5 Å². The Kier molecular flexibility index (Phi) is 1.68. The predicted octanol–water partition coefficient (Wildman–Crippen LogP) is 2.76. The summed E-state index contributed by atoms with van der Waals surface area (Å²) in [7, 11) is 0. The van der Waals surface area contributed by atoms with Crippen molar-refractivity contribution in [1.82, 2.24) is 0 Å². The van der Waals surface area contributed by atoms with Crippen LogP contribution in [-0.2, 0) is 9.47 Å². The molecule has 2 saturated heterocycles. The van der Waals surface area contributed by atoms with Gasteiger partial charge in [-0.25, -0.2) is 0 Å². The van der Waals surface area contributed by atoms with Gasteiger partial charge in [-0.05, 0) is 62.2 Å². The molecule has 8 unspecified atom stereocenters. The monoisotopic (exact) mass is 234 g/mol. The van der Waals surface area contributed by atoms with E-state index in [1.54, 1.807) is 0 Å². The van der Waals surface area contributed by atoms with Gasteiger partial charge in [-0.2, -0.15) is 0 Å². The van der Waals surface area contributed by atoms with Crippen molar-refractivity contribution in [1.29, 1.82) is 0 Å². The summed E-state index contributed by atoms with van der Waals surface area (Å²) >= 11 is 0. The van der Waals surface area contributed by atoms with Crippen LogP contribution in [0.4, 0.5) is 0 Å². The third-order valence-corrected chi connectivity index (χ3v) is 6.68. The van der Waals surface area contributed by atoms with E-state index in [9.17, 15) is 0 Å². The van der Waals surface area contributed by atoms with Crippen LogP contribution in [-0.4, -0.2) is 23.9 Å². The Morgan fingerprint density at radius 3 is 2.76 bits per heavy atom. The maximum absolute atomic E-state index is 6.10. The molecule has 0 aromatic rings. The van der Waals surface area contributed by atoms with Crippen molar-refractivity contribution in [2.75, 3.05) is 0 Å². The van der Waals surface area contributed by atoms with E-state index in [0.717, 1.165) is 23.7 Å². The van der Waals surface area contributed by atoms with E-state index in [2.05, 4.69) is 6.92 Å². The van der Waals surface area contributed by atoms with Gasteiger partial charge in [0.25, 0.3) is 0 Å². The second-order valence-electron chi connectivity index (χ2n) is 7.13. The zero-order chi connectivity index (χ0) is 11.2. The first-order chi connectivity index (χ1) is 8.32. The second-order valence-corrected chi connectivity index (χ2v) is 7.13. The van der Waals surface area contributed by atoms with Crippen LogP contribution in [0.15, 0.2) is 0 Å². The van der Waals surface area contributed by atoms with E-state index >= 15 is 0 Å². The van der Waals surface area contributed by atoms with Crippen LogP contribution in [0.2, 0.25) is 0 Å². The van der Waals surface area contributed by atoms with Crippen molar-refractivity contribution in [3.8, 4) is 0 Å². The van der Waals surface area contributed by atoms with Gasteiger partial charge in [0.05, 0.1) is 23.9 Å². The summed E-state index contributed by atoms with van der Waals surface area (Å²) in [6, 6.07) is 0. The minimum atomic E-state index is 0.356. The third-order valence-electron chi connectivity index (χ3n) is 6.68. The summed E-state index contributed by atoms with van der Waals surface area (Å²) in [6.07, 6.45) is 10.3. The zero-order valence-electron chi connectivity index (χ0n) is 10.6. The van der Waals surface area contributed by atoms with Gasteiger partial charge in [0, 0.05) is 0 Å². The van der Waals surface area contributed by atoms with Crippen molar-refractivity contribution < 1.29 is 9.47 Å². The molecular formula is C15H22O2. The molecule has 0 N–H and O–H groups in total. The quantitative estimate of drug-likeness (QED) is 0.686. The van der Waals surface area contributed by atoms with Crippen molar-refractivity contribution in [2.45, 2.75) is 69.4 Å². The molecule has 2 heterocycles. The molecule has 2 nitrogen and oxygen atoms in total. The molecule has 5 fully saturated rings. The number of hydrogen-bond donors (Lipinski definition) is 0. The Labute approximate surface area is 103 Å². The highest BCUT2D eigenvalue weighted by Gasteiger charge is 2.73. The molecular weight excluding hydrogens is 212 g/mol.